The molecule has 30 heavy (non-hydrogen) atoms. The third-order valence-electron chi connectivity index (χ3n) is 4.94. The molecule has 0 aliphatic heterocycles. The maximum absolute atomic E-state index is 12.3. The molecule has 1 amide bonds. The van der Waals surface area contributed by atoms with Crippen molar-refractivity contribution in [1.29, 1.82) is 0 Å². The fraction of sp³-hybridized carbons (Fsp3) is 0.409. The highest BCUT2D eigenvalue weighted by molar-refractivity contribution is 7.09. The van der Waals surface area contributed by atoms with Crippen LogP contribution in [0.3, 0.4) is 0 Å². The molecule has 0 bridgehead atoms. The minimum atomic E-state index is -0.0131. The zero-order chi connectivity index (χ0) is 21.3. The summed E-state index contributed by atoms with van der Waals surface area (Å²) in [4.78, 5) is 19.2. The molecule has 1 atom stereocenters. The number of hydrogen-bond donors (Lipinski definition) is 1. The van der Waals surface area contributed by atoms with Gasteiger partial charge in [0.2, 0.25) is 11.0 Å². The lowest BCUT2D eigenvalue weighted by Crippen LogP contribution is -2.36. The maximum Gasteiger partial charge on any atom is 0.222 e. The standard InChI is InChI=1S/C22H28N4O3S/c1-4-16(2)26(11-10-21(27)23-15-19-9-6-12-29-19)22-24-20(25-30-22)14-17-7-5-8-18(13-17)28-3/h5-9,12-13,16H,4,10-11,14-15H2,1-3H3,(H,23,27). The number of ether oxygens (including phenoxy) is 1. The van der Waals surface area contributed by atoms with Crippen LogP contribution in [0.4, 0.5) is 5.13 Å². The number of nitrogens with one attached hydrogen (secondary N) is 1. The van der Waals surface area contributed by atoms with Crippen LogP contribution in [0.15, 0.2) is 47.1 Å². The molecular formula is C22H28N4O3S. The Morgan fingerprint density at radius 2 is 2.20 bits per heavy atom. The average Bonchev–Trinajstić information content (AvgIpc) is 3.44. The maximum atomic E-state index is 12.3. The number of furan rings is 1. The van der Waals surface area contributed by atoms with E-state index in [-0.39, 0.29) is 11.9 Å². The Bertz CT molecular complexity index is 926. The molecule has 8 heteroatoms. The van der Waals surface area contributed by atoms with E-state index in [9.17, 15) is 4.79 Å². The van der Waals surface area contributed by atoms with Crippen LogP contribution < -0.4 is 15.0 Å². The summed E-state index contributed by atoms with van der Waals surface area (Å²) < 4.78 is 15.1. The molecule has 3 aromatic rings. The van der Waals surface area contributed by atoms with Crippen molar-refractivity contribution in [2.45, 2.75) is 45.7 Å². The summed E-state index contributed by atoms with van der Waals surface area (Å²) >= 11 is 1.38. The zero-order valence-electron chi connectivity index (χ0n) is 17.6. The van der Waals surface area contributed by atoms with Crippen LogP contribution in [-0.2, 0) is 17.8 Å². The van der Waals surface area contributed by atoms with Gasteiger partial charge in [-0.2, -0.15) is 4.37 Å². The molecule has 1 unspecified atom stereocenters. The van der Waals surface area contributed by atoms with Crippen LogP contribution in [0.5, 0.6) is 5.75 Å². The molecule has 1 N–H and O–H groups in total. The van der Waals surface area contributed by atoms with Crippen LogP contribution in [0.1, 0.15) is 43.8 Å². The number of nitrogens with zero attached hydrogens (tertiary/aromatic N) is 3. The summed E-state index contributed by atoms with van der Waals surface area (Å²) in [6.07, 6.45) is 3.59. The van der Waals surface area contributed by atoms with Crippen molar-refractivity contribution in [2.75, 3.05) is 18.6 Å². The van der Waals surface area contributed by atoms with Gasteiger partial charge in [-0.25, -0.2) is 4.98 Å². The number of carbonyl (C=O) groups is 1. The monoisotopic (exact) mass is 428 g/mol. The first-order valence-electron chi connectivity index (χ1n) is 10.1. The molecule has 0 spiro atoms. The highest BCUT2D eigenvalue weighted by Crippen LogP contribution is 2.23. The number of benzene rings is 1. The number of amides is 1. The molecule has 2 aromatic heterocycles. The molecule has 0 fully saturated rings. The summed E-state index contributed by atoms with van der Waals surface area (Å²) in [6.45, 7) is 5.27. The van der Waals surface area contributed by atoms with E-state index in [0.717, 1.165) is 34.4 Å². The first-order valence-corrected chi connectivity index (χ1v) is 10.9. The van der Waals surface area contributed by atoms with Gasteiger partial charge in [-0.15, -0.1) is 0 Å². The molecule has 160 valence electrons. The molecule has 0 aliphatic carbocycles. The van der Waals surface area contributed by atoms with Crippen LogP contribution in [0.25, 0.3) is 0 Å². The normalized spacial score (nSPS) is 11.8. The van der Waals surface area contributed by atoms with Crippen molar-refractivity contribution in [1.82, 2.24) is 14.7 Å². The van der Waals surface area contributed by atoms with Gasteiger partial charge in [0.15, 0.2) is 0 Å². The van der Waals surface area contributed by atoms with Crippen LogP contribution in [-0.4, -0.2) is 35.0 Å². The Hall–Kier alpha value is -2.87. The Balaban J connectivity index is 1.60. The van der Waals surface area contributed by atoms with Crippen molar-refractivity contribution in [2.24, 2.45) is 0 Å². The van der Waals surface area contributed by atoms with Gasteiger partial charge in [0.05, 0.1) is 19.9 Å². The quantitative estimate of drug-likeness (QED) is 0.496. The van der Waals surface area contributed by atoms with Gasteiger partial charge in [-0.3, -0.25) is 4.79 Å². The first-order chi connectivity index (χ1) is 14.6. The van der Waals surface area contributed by atoms with E-state index in [2.05, 4.69) is 28.4 Å². The van der Waals surface area contributed by atoms with Gasteiger partial charge in [-0.1, -0.05) is 19.1 Å². The smallest absolute Gasteiger partial charge is 0.222 e. The molecule has 0 saturated carbocycles. The van der Waals surface area contributed by atoms with Gasteiger partial charge in [0, 0.05) is 37.0 Å². The summed E-state index contributed by atoms with van der Waals surface area (Å²) in [5.41, 5.74) is 1.10. The second kappa shape index (κ2) is 10.8. The first kappa shape index (κ1) is 21.8. The molecule has 0 radical (unpaired) electrons. The number of carbonyl (C=O) groups excluding carboxylic acids is 1. The molecule has 7 nitrogen and oxygen atoms in total. The predicted molar refractivity (Wildman–Crippen MR) is 118 cm³/mol. The van der Waals surface area contributed by atoms with E-state index >= 15 is 0 Å². The largest absolute Gasteiger partial charge is 0.497 e. The molecule has 1 aromatic carbocycles. The van der Waals surface area contributed by atoms with Crippen molar-refractivity contribution < 1.29 is 13.9 Å². The number of hydrogen-bond acceptors (Lipinski definition) is 7. The molecule has 0 saturated heterocycles. The zero-order valence-corrected chi connectivity index (χ0v) is 18.4. The second-order valence-corrected chi connectivity index (χ2v) is 7.81. The highest BCUT2D eigenvalue weighted by atomic mass is 32.1. The number of anilines is 1. The molecule has 2 heterocycles. The van der Waals surface area contributed by atoms with E-state index in [1.165, 1.54) is 11.5 Å². The lowest BCUT2D eigenvalue weighted by Gasteiger charge is -2.27. The Morgan fingerprint density at radius 3 is 2.93 bits per heavy atom. The van der Waals surface area contributed by atoms with E-state index in [1.807, 2.05) is 36.4 Å². The highest BCUT2D eigenvalue weighted by Gasteiger charge is 2.19. The minimum Gasteiger partial charge on any atom is -0.497 e. The molecular weight excluding hydrogens is 400 g/mol. The van der Waals surface area contributed by atoms with Gasteiger partial charge < -0.3 is 19.4 Å². The van der Waals surface area contributed by atoms with E-state index < -0.39 is 0 Å². The fourth-order valence-corrected chi connectivity index (χ4v) is 3.85. The van der Waals surface area contributed by atoms with Crippen LogP contribution in [0.2, 0.25) is 0 Å². The van der Waals surface area contributed by atoms with Crippen molar-refractivity contribution in [3.63, 3.8) is 0 Å². The Labute approximate surface area is 181 Å². The third-order valence-corrected chi connectivity index (χ3v) is 5.73. The Morgan fingerprint density at radius 1 is 1.33 bits per heavy atom. The summed E-state index contributed by atoms with van der Waals surface area (Å²) in [5.74, 6) is 2.33. The van der Waals surface area contributed by atoms with Gasteiger partial charge in [-0.05, 0) is 43.2 Å². The summed E-state index contributed by atoms with van der Waals surface area (Å²) in [6, 6.07) is 11.8. The topological polar surface area (TPSA) is 80.5 Å². The predicted octanol–water partition coefficient (Wildman–Crippen LogP) is 4.04. The van der Waals surface area contributed by atoms with Crippen LogP contribution in [0, 0.1) is 0 Å². The van der Waals surface area contributed by atoms with E-state index in [4.69, 9.17) is 14.1 Å². The fourth-order valence-electron chi connectivity index (χ4n) is 3.03. The third kappa shape index (κ3) is 6.06. The molecule has 0 aliphatic rings. The second-order valence-electron chi connectivity index (χ2n) is 7.08. The van der Waals surface area contributed by atoms with Crippen molar-refractivity contribution in [3.05, 3.63) is 59.8 Å². The van der Waals surface area contributed by atoms with E-state index in [1.54, 1.807) is 13.4 Å². The van der Waals surface area contributed by atoms with Gasteiger partial charge >= 0.3 is 0 Å². The number of methoxy groups -OCH3 is 1. The van der Waals surface area contributed by atoms with Gasteiger partial charge in [0.25, 0.3) is 0 Å². The van der Waals surface area contributed by atoms with E-state index in [0.29, 0.717) is 25.9 Å². The lowest BCUT2D eigenvalue weighted by molar-refractivity contribution is -0.121. The minimum absolute atomic E-state index is 0.0131. The SMILES string of the molecule is CCC(C)N(CCC(=O)NCc1ccco1)c1nc(Cc2cccc(OC)c2)ns1. The summed E-state index contributed by atoms with van der Waals surface area (Å²) in [5, 5.41) is 3.74. The number of aromatic nitrogens is 2. The average molecular weight is 429 g/mol. The van der Waals surface area contributed by atoms with Crippen LogP contribution >= 0.6 is 11.5 Å². The lowest BCUT2D eigenvalue weighted by atomic mass is 10.1. The van der Waals surface area contributed by atoms with Gasteiger partial charge in [0.1, 0.15) is 17.3 Å². The van der Waals surface area contributed by atoms with Crippen molar-refractivity contribution in [3.8, 4) is 5.75 Å². The molecule has 3 rings (SSSR count). The summed E-state index contributed by atoms with van der Waals surface area (Å²) in [7, 11) is 1.66. The van der Waals surface area contributed by atoms with Crippen molar-refractivity contribution >= 4 is 22.6 Å². The Kier molecular flexibility index (Phi) is 7.84. The number of rotatable bonds is 11.